The SMILES string of the molecule is COC(=O)[C@H]1CC=CC[C@H]1C(=O)Nc1cnn(Cc2cccc(OC)c2OC)c1. The number of rotatable bonds is 7. The van der Waals surface area contributed by atoms with Gasteiger partial charge in [0.25, 0.3) is 0 Å². The van der Waals surface area contributed by atoms with E-state index >= 15 is 0 Å². The lowest BCUT2D eigenvalue weighted by Crippen LogP contribution is -2.35. The Balaban J connectivity index is 1.70. The van der Waals surface area contributed by atoms with Gasteiger partial charge < -0.3 is 19.5 Å². The van der Waals surface area contributed by atoms with E-state index < -0.39 is 11.8 Å². The average molecular weight is 399 g/mol. The van der Waals surface area contributed by atoms with E-state index in [2.05, 4.69) is 10.4 Å². The molecule has 0 aliphatic heterocycles. The zero-order valence-electron chi connectivity index (χ0n) is 16.8. The largest absolute Gasteiger partial charge is 0.493 e. The lowest BCUT2D eigenvalue weighted by Gasteiger charge is -2.25. The van der Waals surface area contributed by atoms with Gasteiger partial charge in [-0.1, -0.05) is 24.3 Å². The Hall–Kier alpha value is -3.29. The van der Waals surface area contributed by atoms with Crippen LogP contribution in [-0.2, 0) is 20.9 Å². The number of hydrogen-bond donors (Lipinski definition) is 1. The fourth-order valence-corrected chi connectivity index (χ4v) is 3.52. The molecule has 1 aliphatic carbocycles. The van der Waals surface area contributed by atoms with Gasteiger partial charge in [0.1, 0.15) is 0 Å². The molecule has 2 aromatic rings. The minimum atomic E-state index is -0.471. The number of carbonyl (C=O) groups excluding carboxylic acids is 2. The second kappa shape index (κ2) is 9.27. The van der Waals surface area contributed by atoms with Crippen LogP contribution >= 0.6 is 0 Å². The van der Waals surface area contributed by atoms with Gasteiger partial charge in [0, 0.05) is 11.8 Å². The molecule has 0 saturated carbocycles. The van der Waals surface area contributed by atoms with Gasteiger partial charge in [-0.3, -0.25) is 14.3 Å². The minimum Gasteiger partial charge on any atom is -0.493 e. The summed E-state index contributed by atoms with van der Waals surface area (Å²) in [5.41, 5.74) is 1.46. The Bertz CT molecular complexity index is 905. The Morgan fingerprint density at radius 3 is 2.59 bits per heavy atom. The molecular formula is C21H25N3O5. The normalized spacial score (nSPS) is 18.2. The molecule has 29 heavy (non-hydrogen) atoms. The second-order valence-electron chi connectivity index (χ2n) is 6.75. The number of esters is 1. The van der Waals surface area contributed by atoms with Crippen molar-refractivity contribution in [2.75, 3.05) is 26.6 Å². The molecule has 1 N–H and O–H groups in total. The summed E-state index contributed by atoms with van der Waals surface area (Å²) in [6.45, 7) is 0.452. The molecule has 0 spiro atoms. The summed E-state index contributed by atoms with van der Waals surface area (Å²) < 4.78 is 17.3. The van der Waals surface area contributed by atoms with Crippen molar-refractivity contribution in [1.29, 1.82) is 0 Å². The third kappa shape index (κ3) is 4.59. The van der Waals surface area contributed by atoms with Gasteiger partial charge in [-0.15, -0.1) is 0 Å². The monoisotopic (exact) mass is 399 g/mol. The summed E-state index contributed by atoms with van der Waals surface area (Å²) in [6, 6.07) is 5.64. The molecule has 0 bridgehead atoms. The molecule has 154 valence electrons. The number of allylic oxidation sites excluding steroid dienone is 2. The van der Waals surface area contributed by atoms with Gasteiger partial charge >= 0.3 is 5.97 Å². The Morgan fingerprint density at radius 1 is 1.14 bits per heavy atom. The number of amides is 1. The summed E-state index contributed by atoms with van der Waals surface area (Å²) in [7, 11) is 4.52. The van der Waals surface area contributed by atoms with E-state index in [0.29, 0.717) is 36.6 Å². The molecule has 0 fully saturated rings. The van der Waals surface area contributed by atoms with E-state index in [1.165, 1.54) is 7.11 Å². The number of methoxy groups -OCH3 is 3. The fourth-order valence-electron chi connectivity index (χ4n) is 3.52. The number of hydrogen-bond acceptors (Lipinski definition) is 6. The van der Waals surface area contributed by atoms with Gasteiger partial charge in [-0.05, 0) is 18.9 Å². The number of nitrogens with zero attached hydrogens (tertiary/aromatic N) is 2. The minimum absolute atomic E-state index is 0.219. The molecule has 3 rings (SSSR count). The summed E-state index contributed by atoms with van der Waals surface area (Å²) in [5, 5.41) is 7.17. The van der Waals surface area contributed by atoms with Crippen molar-refractivity contribution in [3.05, 3.63) is 48.3 Å². The van der Waals surface area contributed by atoms with E-state index in [0.717, 1.165) is 5.56 Å². The second-order valence-corrected chi connectivity index (χ2v) is 6.75. The maximum absolute atomic E-state index is 12.7. The molecule has 0 radical (unpaired) electrons. The van der Waals surface area contributed by atoms with Crippen LogP contribution in [0.3, 0.4) is 0 Å². The zero-order chi connectivity index (χ0) is 20.8. The van der Waals surface area contributed by atoms with Gasteiger partial charge in [0.15, 0.2) is 11.5 Å². The predicted molar refractivity (Wildman–Crippen MR) is 107 cm³/mol. The van der Waals surface area contributed by atoms with Crippen LogP contribution in [0.5, 0.6) is 11.5 Å². The highest BCUT2D eigenvalue weighted by atomic mass is 16.5. The Kier molecular flexibility index (Phi) is 6.54. The third-order valence-corrected chi connectivity index (χ3v) is 4.99. The van der Waals surface area contributed by atoms with Crippen molar-refractivity contribution in [2.45, 2.75) is 19.4 Å². The maximum Gasteiger partial charge on any atom is 0.309 e. The van der Waals surface area contributed by atoms with Crippen LogP contribution < -0.4 is 14.8 Å². The number of nitrogens with one attached hydrogen (secondary N) is 1. The molecular weight excluding hydrogens is 374 g/mol. The number of carbonyl (C=O) groups is 2. The van der Waals surface area contributed by atoms with Crippen LogP contribution in [0.1, 0.15) is 18.4 Å². The van der Waals surface area contributed by atoms with Crippen LogP contribution in [0.2, 0.25) is 0 Å². The number of anilines is 1. The van der Waals surface area contributed by atoms with Crippen molar-refractivity contribution in [2.24, 2.45) is 11.8 Å². The lowest BCUT2D eigenvalue weighted by molar-refractivity contribution is -0.149. The number of benzene rings is 1. The van der Waals surface area contributed by atoms with Crippen LogP contribution in [0.25, 0.3) is 0 Å². The predicted octanol–water partition coefficient (Wildman–Crippen LogP) is 2.64. The van der Waals surface area contributed by atoms with E-state index in [-0.39, 0.29) is 11.9 Å². The lowest BCUT2D eigenvalue weighted by atomic mass is 9.82. The molecule has 1 amide bonds. The fraction of sp³-hybridized carbons (Fsp3) is 0.381. The summed E-state index contributed by atoms with van der Waals surface area (Å²) in [6.07, 6.45) is 8.15. The molecule has 1 aliphatic rings. The van der Waals surface area contributed by atoms with Crippen LogP contribution in [0, 0.1) is 11.8 Å². The first-order valence-corrected chi connectivity index (χ1v) is 9.33. The van der Waals surface area contributed by atoms with Crippen LogP contribution in [-0.4, -0.2) is 43.0 Å². The van der Waals surface area contributed by atoms with Gasteiger partial charge in [0.05, 0.1) is 51.6 Å². The topological polar surface area (TPSA) is 91.7 Å². The van der Waals surface area contributed by atoms with Crippen molar-refractivity contribution in [3.63, 3.8) is 0 Å². The number of para-hydroxylation sites is 1. The van der Waals surface area contributed by atoms with Gasteiger partial charge in [-0.2, -0.15) is 5.10 Å². The molecule has 1 heterocycles. The van der Waals surface area contributed by atoms with Gasteiger partial charge in [-0.25, -0.2) is 0 Å². The van der Waals surface area contributed by atoms with Gasteiger partial charge in [0.2, 0.25) is 5.91 Å². The van der Waals surface area contributed by atoms with Crippen molar-refractivity contribution in [1.82, 2.24) is 9.78 Å². The molecule has 2 atom stereocenters. The molecule has 0 unspecified atom stereocenters. The van der Waals surface area contributed by atoms with Crippen LogP contribution in [0.4, 0.5) is 5.69 Å². The first-order chi connectivity index (χ1) is 14.1. The number of ether oxygens (including phenoxy) is 3. The summed E-state index contributed by atoms with van der Waals surface area (Å²) in [5.74, 6) is -0.232. The van der Waals surface area contributed by atoms with Crippen LogP contribution in [0.15, 0.2) is 42.7 Å². The highest BCUT2D eigenvalue weighted by molar-refractivity contribution is 5.95. The van der Waals surface area contributed by atoms with Crippen molar-refractivity contribution in [3.8, 4) is 11.5 Å². The first-order valence-electron chi connectivity index (χ1n) is 9.33. The van der Waals surface area contributed by atoms with E-state index in [4.69, 9.17) is 14.2 Å². The molecule has 1 aromatic heterocycles. The van der Waals surface area contributed by atoms with Crippen molar-refractivity contribution >= 4 is 17.6 Å². The number of aromatic nitrogens is 2. The standard InChI is InChI=1S/C21H25N3O5/c1-27-18-10-6-7-14(19(18)28-2)12-24-13-15(11-22-24)23-20(25)16-8-4-5-9-17(16)21(26)29-3/h4-7,10-11,13,16-17H,8-9,12H2,1-3H3,(H,23,25)/t16-,17+/m1/s1. The summed E-state index contributed by atoms with van der Waals surface area (Å²) >= 11 is 0. The first kappa shape index (κ1) is 20.4. The smallest absolute Gasteiger partial charge is 0.309 e. The highest BCUT2D eigenvalue weighted by Gasteiger charge is 2.34. The maximum atomic E-state index is 12.7. The average Bonchev–Trinajstić information content (AvgIpc) is 3.19. The van der Waals surface area contributed by atoms with Crippen molar-refractivity contribution < 1.29 is 23.8 Å². The van der Waals surface area contributed by atoms with E-state index in [1.807, 2.05) is 30.4 Å². The molecule has 0 saturated heterocycles. The highest BCUT2D eigenvalue weighted by Crippen LogP contribution is 2.31. The third-order valence-electron chi connectivity index (χ3n) is 4.99. The molecule has 1 aromatic carbocycles. The van der Waals surface area contributed by atoms with E-state index in [9.17, 15) is 9.59 Å². The zero-order valence-corrected chi connectivity index (χ0v) is 16.8. The molecule has 8 heteroatoms. The Morgan fingerprint density at radius 2 is 1.90 bits per heavy atom. The Labute approximate surface area is 169 Å². The molecule has 8 nitrogen and oxygen atoms in total. The summed E-state index contributed by atoms with van der Waals surface area (Å²) in [4.78, 5) is 24.7. The van der Waals surface area contributed by atoms with E-state index in [1.54, 1.807) is 31.3 Å². The quantitative estimate of drug-likeness (QED) is 0.568.